The van der Waals surface area contributed by atoms with Crippen LogP contribution in [-0.4, -0.2) is 34.2 Å². The Morgan fingerprint density at radius 2 is 2.15 bits per heavy atom. The van der Waals surface area contributed by atoms with Crippen molar-refractivity contribution in [3.05, 3.63) is 36.2 Å². The van der Waals surface area contributed by atoms with Gasteiger partial charge in [-0.05, 0) is 45.2 Å². The largest absolute Gasteiger partial charge is 0.444 e. The number of nitrogens with zero attached hydrogens (tertiary/aromatic N) is 2. The highest BCUT2D eigenvalue weighted by Crippen LogP contribution is 2.43. The molecule has 1 fully saturated rings. The number of carbonyl (C=O) groups is 1. The van der Waals surface area contributed by atoms with Crippen molar-refractivity contribution in [2.24, 2.45) is 0 Å². The molecule has 4 nitrogen and oxygen atoms in total. The van der Waals surface area contributed by atoms with Gasteiger partial charge in [0, 0.05) is 19.4 Å². The average Bonchev–Trinajstić information content (AvgIpc) is 3.16. The van der Waals surface area contributed by atoms with Gasteiger partial charge in [-0.1, -0.05) is 18.2 Å². The molecule has 1 aromatic rings. The number of hydrogen-bond donors (Lipinski definition) is 0. The Kier molecular flexibility index (Phi) is 3.84. The minimum Gasteiger partial charge on any atom is -0.444 e. The molecule has 1 amide bonds. The van der Waals surface area contributed by atoms with Crippen molar-refractivity contribution in [1.29, 1.82) is 0 Å². The Hall–Kier alpha value is -1.84. The smallest absolute Gasteiger partial charge is 0.410 e. The Bertz CT molecular complexity index is 499. The second-order valence-corrected chi connectivity index (χ2v) is 6.26. The van der Waals surface area contributed by atoms with Crippen molar-refractivity contribution in [3.8, 4) is 0 Å². The molecule has 0 saturated heterocycles. The van der Waals surface area contributed by atoms with Crippen LogP contribution in [0.3, 0.4) is 0 Å². The SMILES string of the molecule is CN(C(=O)OC(C)(C)C)C1(C=Cc2cccnc2)CC1. The van der Waals surface area contributed by atoms with Crippen LogP contribution in [0.1, 0.15) is 39.2 Å². The van der Waals surface area contributed by atoms with E-state index in [1.165, 1.54) is 0 Å². The fraction of sp³-hybridized carbons (Fsp3) is 0.500. The lowest BCUT2D eigenvalue weighted by atomic mass is 10.1. The summed E-state index contributed by atoms with van der Waals surface area (Å²) < 4.78 is 5.42. The van der Waals surface area contributed by atoms with E-state index in [0.29, 0.717) is 0 Å². The number of ether oxygens (including phenoxy) is 1. The van der Waals surface area contributed by atoms with Crippen LogP contribution in [0, 0.1) is 0 Å². The molecule has 0 aliphatic heterocycles. The first-order valence-electron chi connectivity index (χ1n) is 6.89. The molecule has 20 heavy (non-hydrogen) atoms. The number of pyridine rings is 1. The van der Waals surface area contributed by atoms with E-state index in [2.05, 4.69) is 11.1 Å². The summed E-state index contributed by atoms with van der Waals surface area (Å²) in [6.45, 7) is 5.64. The molecule has 1 saturated carbocycles. The van der Waals surface area contributed by atoms with Crippen LogP contribution in [0.25, 0.3) is 6.08 Å². The fourth-order valence-corrected chi connectivity index (χ4v) is 1.98. The highest BCUT2D eigenvalue weighted by atomic mass is 16.6. The van der Waals surface area contributed by atoms with Crippen molar-refractivity contribution in [2.75, 3.05) is 7.05 Å². The number of likely N-dealkylation sites (N-methyl/N-ethyl adjacent to an activating group) is 1. The van der Waals surface area contributed by atoms with Gasteiger partial charge in [-0.3, -0.25) is 4.98 Å². The van der Waals surface area contributed by atoms with Crippen molar-refractivity contribution in [2.45, 2.75) is 44.8 Å². The predicted octanol–water partition coefficient (Wildman–Crippen LogP) is 3.49. The summed E-state index contributed by atoms with van der Waals surface area (Å²) in [5, 5.41) is 0. The van der Waals surface area contributed by atoms with Crippen molar-refractivity contribution in [3.63, 3.8) is 0 Å². The van der Waals surface area contributed by atoms with Crippen LogP contribution in [0.4, 0.5) is 4.79 Å². The van der Waals surface area contributed by atoms with Gasteiger partial charge in [-0.15, -0.1) is 0 Å². The van der Waals surface area contributed by atoms with Gasteiger partial charge in [0.05, 0.1) is 5.54 Å². The summed E-state index contributed by atoms with van der Waals surface area (Å²) in [7, 11) is 1.80. The Labute approximate surface area is 120 Å². The average molecular weight is 274 g/mol. The lowest BCUT2D eigenvalue weighted by molar-refractivity contribution is 0.0236. The molecule has 0 atom stereocenters. The summed E-state index contributed by atoms with van der Waals surface area (Å²) in [4.78, 5) is 17.9. The third-order valence-electron chi connectivity index (χ3n) is 3.37. The third kappa shape index (κ3) is 3.59. The van der Waals surface area contributed by atoms with Crippen molar-refractivity contribution < 1.29 is 9.53 Å². The molecular formula is C16H22N2O2. The van der Waals surface area contributed by atoms with Gasteiger partial charge >= 0.3 is 6.09 Å². The van der Waals surface area contributed by atoms with Crippen LogP contribution in [0.2, 0.25) is 0 Å². The van der Waals surface area contributed by atoms with Gasteiger partial charge in [0.2, 0.25) is 0 Å². The van der Waals surface area contributed by atoms with Crippen LogP contribution in [0.15, 0.2) is 30.6 Å². The second kappa shape index (κ2) is 5.27. The molecule has 0 aromatic carbocycles. The lowest BCUT2D eigenvalue weighted by Gasteiger charge is -2.29. The zero-order valence-electron chi connectivity index (χ0n) is 12.6. The normalized spacial score (nSPS) is 17.0. The number of aromatic nitrogens is 1. The predicted molar refractivity (Wildman–Crippen MR) is 79.2 cm³/mol. The second-order valence-electron chi connectivity index (χ2n) is 6.26. The maximum absolute atomic E-state index is 12.1. The molecule has 0 bridgehead atoms. The van der Waals surface area contributed by atoms with Gasteiger partial charge in [0.1, 0.15) is 5.60 Å². The zero-order valence-corrected chi connectivity index (χ0v) is 12.6. The quantitative estimate of drug-likeness (QED) is 0.847. The molecule has 0 N–H and O–H groups in total. The van der Waals surface area contributed by atoms with Crippen LogP contribution < -0.4 is 0 Å². The van der Waals surface area contributed by atoms with E-state index < -0.39 is 5.60 Å². The molecule has 108 valence electrons. The van der Waals surface area contributed by atoms with Crippen LogP contribution in [-0.2, 0) is 4.74 Å². The van der Waals surface area contributed by atoms with Gasteiger partial charge < -0.3 is 9.64 Å². The molecule has 4 heteroatoms. The monoisotopic (exact) mass is 274 g/mol. The number of hydrogen-bond acceptors (Lipinski definition) is 3. The standard InChI is InChI=1S/C16H22N2O2/c1-15(2,3)20-14(19)18(4)16(9-10-16)8-7-13-6-5-11-17-12-13/h5-8,11-12H,9-10H2,1-4H3. The van der Waals surface area contributed by atoms with Crippen LogP contribution in [0.5, 0.6) is 0 Å². The topological polar surface area (TPSA) is 42.4 Å². The van der Waals surface area contributed by atoms with E-state index in [1.54, 1.807) is 24.3 Å². The van der Waals surface area contributed by atoms with E-state index in [-0.39, 0.29) is 11.6 Å². The molecule has 1 aliphatic rings. The molecule has 1 aromatic heterocycles. The highest BCUT2D eigenvalue weighted by molar-refractivity contribution is 5.70. The fourth-order valence-electron chi connectivity index (χ4n) is 1.98. The number of rotatable bonds is 3. The first kappa shape index (κ1) is 14.6. The van der Waals surface area contributed by atoms with Gasteiger partial charge in [0.15, 0.2) is 0 Å². The lowest BCUT2D eigenvalue weighted by Crippen LogP contribution is -2.41. The first-order valence-corrected chi connectivity index (χ1v) is 6.89. The minimum atomic E-state index is -0.464. The zero-order chi connectivity index (χ0) is 14.8. The maximum atomic E-state index is 12.1. The molecule has 1 heterocycles. The van der Waals surface area contributed by atoms with Gasteiger partial charge in [0.25, 0.3) is 0 Å². The summed E-state index contributed by atoms with van der Waals surface area (Å²) in [5.41, 5.74) is 0.378. The first-order chi connectivity index (χ1) is 9.32. The van der Waals surface area contributed by atoms with E-state index in [1.807, 2.05) is 39.0 Å². The molecule has 0 unspecified atom stereocenters. The Morgan fingerprint density at radius 1 is 1.45 bits per heavy atom. The number of amides is 1. The van der Waals surface area contributed by atoms with E-state index >= 15 is 0 Å². The highest BCUT2D eigenvalue weighted by Gasteiger charge is 2.47. The van der Waals surface area contributed by atoms with E-state index in [4.69, 9.17) is 4.74 Å². The van der Waals surface area contributed by atoms with Crippen molar-refractivity contribution in [1.82, 2.24) is 9.88 Å². The minimum absolute atomic E-state index is 0.196. The number of carbonyl (C=O) groups excluding carboxylic acids is 1. The summed E-state index contributed by atoms with van der Waals surface area (Å²) in [5.74, 6) is 0. The van der Waals surface area contributed by atoms with Crippen LogP contribution >= 0.6 is 0 Å². The Balaban J connectivity index is 2.04. The van der Waals surface area contributed by atoms with E-state index in [0.717, 1.165) is 18.4 Å². The molecule has 2 rings (SSSR count). The van der Waals surface area contributed by atoms with E-state index in [9.17, 15) is 4.79 Å². The van der Waals surface area contributed by atoms with Crippen molar-refractivity contribution >= 4 is 12.2 Å². The van der Waals surface area contributed by atoms with Gasteiger partial charge in [-0.2, -0.15) is 0 Å². The maximum Gasteiger partial charge on any atom is 0.410 e. The summed E-state index contributed by atoms with van der Waals surface area (Å²) in [6.07, 6.45) is 9.32. The molecular weight excluding hydrogens is 252 g/mol. The van der Waals surface area contributed by atoms with Gasteiger partial charge in [-0.25, -0.2) is 4.79 Å². The molecule has 0 radical (unpaired) electrons. The summed E-state index contributed by atoms with van der Waals surface area (Å²) in [6, 6.07) is 3.89. The molecule has 1 aliphatic carbocycles. The Morgan fingerprint density at radius 3 is 2.65 bits per heavy atom. The molecule has 0 spiro atoms. The third-order valence-corrected chi connectivity index (χ3v) is 3.37. The summed E-state index contributed by atoms with van der Waals surface area (Å²) >= 11 is 0.